The summed E-state index contributed by atoms with van der Waals surface area (Å²) >= 11 is 1.35. The molecular formula is C24H25N5O3S. The quantitative estimate of drug-likeness (QED) is 0.373. The number of H-pyrrole nitrogens is 1. The van der Waals surface area contributed by atoms with Crippen LogP contribution in [0.5, 0.6) is 17.2 Å². The average molecular weight is 464 g/mol. The summed E-state index contributed by atoms with van der Waals surface area (Å²) in [7, 11) is 1.63. The van der Waals surface area contributed by atoms with Crippen LogP contribution in [0.25, 0.3) is 10.1 Å². The zero-order valence-electron chi connectivity index (χ0n) is 18.6. The monoisotopic (exact) mass is 463 g/mol. The third kappa shape index (κ3) is 4.41. The number of tetrazole rings is 1. The van der Waals surface area contributed by atoms with Gasteiger partial charge in [-0.15, -0.1) is 16.4 Å². The zero-order valence-corrected chi connectivity index (χ0v) is 19.4. The summed E-state index contributed by atoms with van der Waals surface area (Å²) in [5, 5.41) is 16.9. The summed E-state index contributed by atoms with van der Waals surface area (Å²) in [4.78, 5) is 13.5. The molecule has 1 amide bonds. The maximum absolute atomic E-state index is 13.1. The number of aryl methyl sites for hydroxylation is 1. The molecule has 5 rings (SSSR count). The van der Waals surface area contributed by atoms with Crippen LogP contribution in [0.2, 0.25) is 0 Å². The number of hydrogen-bond donors (Lipinski definition) is 2. The van der Waals surface area contributed by atoms with Crippen LogP contribution in [0, 0.1) is 6.92 Å². The van der Waals surface area contributed by atoms with Crippen molar-refractivity contribution in [2.45, 2.75) is 44.9 Å². The molecule has 33 heavy (non-hydrogen) atoms. The third-order valence-electron chi connectivity index (χ3n) is 6.11. The topological polar surface area (TPSA) is 102 Å². The number of methoxy groups -OCH3 is 1. The van der Waals surface area contributed by atoms with Gasteiger partial charge in [0.05, 0.1) is 7.11 Å². The average Bonchev–Trinajstić information content (AvgIpc) is 3.47. The number of fused-ring (bicyclic) bond motifs is 1. The van der Waals surface area contributed by atoms with Crippen molar-refractivity contribution in [2.75, 3.05) is 12.4 Å². The molecule has 0 aliphatic heterocycles. The Labute approximate surface area is 195 Å². The Morgan fingerprint density at radius 2 is 1.94 bits per heavy atom. The van der Waals surface area contributed by atoms with Gasteiger partial charge in [-0.05, 0) is 66.3 Å². The van der Waals surface area contributed by atoms with Crippen molar-refractivity contribution in [3.05, 3.63) is 52.4 Å². The summed E-state index contributed by atoms with van der Waals surface area (Å²) in [6.07, 6.45) is 6.41. The van der Waals surface area contributed by atoms with E-state index in [0.29, 0.717) is 22.3 Å². The minimum atomic E-state index is -0.358. The zero-order chi connectivity index (χ0) is 22.8. The number of carbonyl (C=O) groups excluding carboxylic acids is 1. The number of nitrogens with one attached hydrogen (secondary N) is 2. The van der Waals surface area contributed by atoms with Crippen molar-refractivity contribution in [1.82, 2.24) is 20.6 Å². The van der Waals surface area contributed by atoms with E-state index in [-0.39, 0.29) is 11.9 Å². The van der Waals surface area contributed by atoms with Crippen molar-refractivity contribution < 1.29 is 14.3 Å². The summed E-state index contributed by atoms with van der Waals surface area (Å²) in [5.41, 5.74) is 2.34. The molecule has 2 N–H and O–H groups in total. The van der Waals surface area contributed by atoms with Gasteiger partial charge in [0.15, 0.2) is 5.75 Å². The van der Waals surface area contributed by atoms with Gasteiger partial charge in [-0.25, -0.2) is 0 Å². The summed E-state index contributed by atoms with van der Waals surface area (Å²) in [6, 6.07) is 12.2. The SMILES string of the molecule is COc1cc2c(Oc3ccc(C4CCCCC4)cc3)c(C(=O)Nc3nn[nH]n3)sc2cc1C. The van der Waals surface area contributed by atoms with Crippen LogP contribution in [0.3, 0.4) is 0 Å². The van der Waals surface area contributed by atoms with Crippen molar-refractivity contribution in [2.24, 2.45) is 0 Å². The fourth-order valence-corrected chi connectivity index (χ4v) is 5.51. The van der Waals surface area contributed by atoms with Crippen LogP contribution < -0.4 is 14.8 Å². The molecule has 1 fully saturated rings. The highest BCUT2D eigenvalue weighted by molar-refractivity contribution is 7.21. The molecular weight excluding hydrogens is 438 g/mol. The lowest BCUT2D eigenvalue weighted by atomic mass is 9.84. The van der Waals surface area contributed by atoms with Crippen LogP contribution in [-0.4, -0.2) is 33.6 Å². The van der Waals surface area contributed by atoms with E-state index < -0.39 is 0 Å². The molecule has 0 saturated heterocycles. The van der Waals surface area contributed by atoms with E-state index in [1.807, 2.05) is 31.2 Å². The standard InChI is InChI=1S/C24H25N5O3S/c1-14-12-20-18(13-19(14)31-2)21(22(33-20)23(30)25-24-26-28-29-27-24)32-17-10-8-16(9-11-17)15-6-4-3-5-7-15/h8-13,15H,3-7H2,1-2H3,(H2,25,26,27,28,29,30). The molecule has 0 bridgehead atoms. The summed E-state index contributed by atoms with van der Waals surface area (Å²) in [6.45, 7) is 1.97. The maximum Gasteiger partial charge on any atom is 0.272 e. The van der Waals surface area contributed by atoms with Gasteiger partial charge in [0.2, 0.25) is 0 Å². The second-order valence-electron chi connectivity index (χ2n) is 8.27. The predicted octanol–water partition coefficient (Wildman–Crippen LogP) is 5.82. The fourth-order valence-electron chi connectivity index (χ4n) is 4.41. The molecule has 1 aliphatic rings. The lowest BCUT2D eigenvalue weighted by Crippen LogP contribution is -2.12. The lowest BCUT2D eigenvalue weighted by molar-refractivity contribution is 0.102. The Morgan fingerprint density at radius 3 is 2.64 bits per heavy atom. The molecule has 2 aromatic carbocycles. The summed E-state index contributed by atoms with van der Waals surface area (Å²) < 4.78 is 12.8. The molecule has 8 nitrogen and oxygen atoms in total. The predicted molar refractivity (Wildman–Crippen MR) is 128 cm³/mol. The Bertz CT molecular complexity index is 1260. The van der Waals surface area contributed by atoms with Crippen molar-refractivity contribution in [3.63, 3.8) is 0 Å². The first-order chi connectivity index (χ1) is 16.1. The minimum Gasteiger partial charge on any atom is -0.496 e. The van der Waals surface area contributed by atoms with E-state index in [9.17, 15) is 4.79 Å². The maximum atomic E-state index is 13.1. The highest BCUT2D eigenvalue weighted by atomic mass is 32.1. The molecule has 0 spiro atoms. The van der Waals surface area contributed by atoms with E-state index >= 15 is 0 Å². The fraction of sp³-hybridized carbons (Fsp3) is 0.333. The Morgan fingerprint density at radius 1 is 1.15 bits per heavy atom. The Balaban J connectivity index is 1.50. The normalized spacial score (nSPS) is 14.4. The number of nitrogens with zero attached hydrogens (tertiary/aromatic N) is 3. The Kier molecular flexibility index (Phi) is 5.95. The van der Waals surface area contributed by atoms with Crippen molar-refractivity contribution >= 4 is 33.3 Å². The lowest BCUT2D eigenvalue weighted by Gasteiger charge is -2.22. The second kappa shape index (κ2) is 9.19. The van der Waals surface area contributed by atoms with Gasteiger partial charge in [0.1, 0.15) is 16.4 Å². The van der Waals surface area contributed by atoms with E-state index in [0.717, 1.165) is 21.4 Å². The molecule has 2 heterocycles. The first-order valence-corrected chi connectivity index (χ1v) is 11.9. The number of aromatic nitrogens is 4. The molecule has 1 saturated carbocycles. The largest absolute Gasteiger partial charge is 0.496 e. The molecule has 0 unspecified atom stereocenters. The number of rotatable bonds is 6. The number of amides is 1. The molecule has 0 radical (unpaired) electrons. The summed E-state index contributed by atoms with van der Waals surface area (Å²) in [5.74, 6) is 2.28. The first kappa shape index (κ1) is 21.4. The number of anilines is 1. The highest BCUT2D eigenvalue weighted by Gasteiger charge is 2.23. The van der Waals surface area contributed by atoms with Gasteiger partial charge in [-0.3, -0.25) is 10.1 Å². The van der Waals surface area contributed by atoms with E-state index in [1.165, 1.54) is 49.0 Å². The van der Waals surface area contributed by atoms with Crippen LogP contribution >= 0.6 is 11.3 Å². The van der Waals surface area contributed by atoms with Crippen LogP contribution in [0.1, 0.15) is 58.8 Å². The Hall–Kier alpha value is -3.46. The van der Waals surface area contributed by atoms with Gasteiger partial charge in [-0.2, -0.15) is 5.21 Å². The molecule has 4 aromatic rings. The van der Waals surface area contributed by atoms with Crippen LogP contribution in [0.15, 0.2) is 36.4 Å². The number of aromatic amines is 1. The molecule has 0 atom stereocenters. The van der Waals surface area contributed by atoms with E-state index in [2.05, 4.69) is 38.1 Å². The number of thiophene rings is 1. The minimum absolute atomic E-state index is 0.106. The van der Waals surface area contributed by atoms with Crippen LogP contribution in [-0.2, 0) is 0 Å². The molecule has 2 aromatic heterocycles. The van der Waals surface area contributed by atoms with E-state index in [4.69, 9.17) is 9.47 Å². The number of hydrogen-bond acceptors (Lipinski definition) is 7. The van der Waals surface area contributed by atoms with Gasteiger partial charge < -0.3 is 9.47 Å². The molecule has 170 valence electrons. The molecule has 9 heteroatoms. The van der Waals surface area contributed by atoms with Gasteiger partial charge in [0.25, 0.3) is 11.9 Å². The second-order valence-corrected chi connectivity index (χ2v) is 9.33. The van der Waals surface area contributed by atoms with Gasteiger partial charge >= 0.3 is 0 Å². The van der Waals surface area contributed by atoms with Crippen LogP contribution in [0.4, 0.5) is 5.95 Å². The first-order valence-electron chi connectivity index (χ1n) is 11.1. The third-order valence-corrected chi connectivity index (χ3v) is 7.25. The number of carbonyl (C=O) groups is 1. The van der Waals surface area contributed by atoms with Crippen molar-refractivity contribution in [1.29, 1.82) is 0 Å². The van der Waals surface area contributed by atoms with Gasteiger partial charge in [-0.1, -0.05) is 36.5 Å². The smallest absolute Gasteiger partial charge is 0.272 e. The van der Waals surface area contributed by atoms with E-state index in [1.54, 1.807) is 7.11 Å². The van der Waals surface area contributed by atoms with Gasteiger partial charge in [0, 0.05) is 10.1 Å². The molecule has 1 aliphatic carbocycles. The number of benzene rings is 2. The van der Waals surface area contributed by atoms with Crippen molar-refractivity contribution in [3.8, 4) is 17.2 Å². The number of ether oxygens (including phenoxy) is 2. The highest BCUT2D eigenvalue weighted by Crippen LogP contribution is 2.43.